The number of carbonyl (C=O) groups is 1. The van der Waals surface area contributed by atoms with Crippen LogP contribution in [0.5, 0.6) is 0 Å². The second-order valence-electron chi connectivity index (χ2n) is 4.45. The Labute approximate surface area is 104 Å². The van der Waals surface area contributed by atoms with E-state index in [-0.39, 0.29) is 30.3 Å². The summed E-state index contributed by atoms with van der Waals surface area (Å²) in [5, 5.41) is 12.2. The van der Waals surface area contributed by atoms with E-state index in [4.69, 9.17) is 5.11 Å². The van der Waals surface area contributed by atoms with Crippen molar-refractivity contribution in [3.8, 4) is 0 Å². The summed E-state index contributed by atoms with van der Waals surface area (Å²) in [5.41, 5.74) is -0.274. The molecule has 1 unspecified atom stereocenters. The Morgan fingerprint density at radius 3 is 2.69 bits per heavy atom. The van der Waals surface area contributed by atoms with Crippen molar-refractivity contribution < 1.29 is 9.90 Å². The largest absolute Gasteiger partial charge is 0.395 e. The number of nitrogens with one attached hydrogen (secondary N) is 1. The zero-order valence-electron chi connectivity index (χ0n) is 10.2. The van der Waals surface area contributed by atoms with E-state index in [2.05, 4.69) is 5.32 Å². The average Bonchev–Trinajstić information content (AvgIpc) is 2.26. The molecule has 5 heteroatoms. The molecule has 1 heterocycles. The van der Waals surface area contributed by atoms with Crippen molar-refractivity contribution in [2.75, 3.05) is 32.8 Å². The minimum atomic E-state index is -0.274. The van der Waals surface area contributed by atoms with E-state index < -0.39 is 0 Å². The molecule has 1 saturated heterocycles. The summed E-state index contributed by atoms with van der Waals surface area (Å²) in [6.07, 6.45) is 2.00. The molecule has 4 nitrogen and oxygen atoms in total. The molecule has 1 rings (SSSR count). The van der Waals surface area contributed by atoms with Crippen LogP contribution in [0.2, 0.25) is 0 Å². The van der Waals surface area contributed by atoms with Gasteiger partial charge in [0.2, 0.25) is 5.91 Å². The normalized spacial score (nSPS) is 24.7. The fourth-order valence-corrected chi connectivity index (χ4v) is 2.14. The Hall–Kier alpha value is -0.320. The first kappa shape index (κ1) is 15.7. The molecule has 0 saturated carbocycles. The van der Waals surface area contributed by atoms with Crippen LogP contribution in [0.1, 0.15) is 26.7 Å². The Kier molecular flexibility index (Phi) is 6.95. The number of piperidine rings is 1. The molecular formula is C11H23ClN2O2. The molecule has 0 aromatic carbocycles. The molecule has 2 N–H and O–H groups in total. The van der Waals surface area contributed by atoms with Crippen LogP contribution in [-0.2, 0) is 4.79 Å². The molecule has 0 radical (unpaired) electrons. The van der Waals surface area contributed by atoms with Gasteiger partial charge in [-0.05, 0) is 33.2 Å². The van der Waals surface area contributed by atoms with E-state index in [1.807, 2.05) is 13.8 Å². The number of amides is 1. The summed E-state index contributed by atoms with van der Waals surface area (Å²) >= 11 is 0. The molecule has 0 aromatic heterocycles. The fourth-order valence-electron chi connectivity index (χ4n) is 2.14. The van der Waals surface area contributed by atoms with Crippen LogP contribution in [0.15, 0.2) is 0 Å². The van der Waals surface area contributed by atoms with Crippen molar-refractivity contribution in [3.05, 3.63) is 0 Å². The van der Waals surface area contributed by atoms with E-state index in [0.717, 1.165) is 25.9 Å². The first-order valence-corrected chi connectivity index (χ1v) is 5.75. The van der Waals surface area contributed by atoms with Crippen molar-refractivity contribution in [1.29, 1.82) is 0 Å². The Morgan fingerprint density at radius 2 is 2.25 bits per heavy atom. The highest BCUT2D eigenvalue weighted by molar-refractivity contribution is 5.85. The van der Waals surface area contributed by atoms with Gasteiger partial charge in [0, 0.05) is 19.6 Å². The van der Waals surface area contributed by atoms with Crippen LogP contribution in [0.4, 0.5) is 0 Å². The number of rotatable bonds is 4. The minimum absolute atomic E-state index is 0. The third-order valence-corrected chi connectivity index (χ3v) is 3.15. The smallest absolute Gasteiger partial charge is 0.229 e. The summed E-state index contributed by atoms with van der Waals surface area (Å²) in [6.45, 7) is 6.90. The third kappa shape index (κ3) is 3.61. The number of aliphatic hydroxyl groups excluding tert-OH is 1. The van der Waals surface area contributed by atoms with Crippen molar-refractivity contribution >= 4 is 18.3 Å². The highest BCUT2D eigenvalue weighted by Crippen LogP contribution is 2.27. The summed E-state index contributed by atoms with van der Waals surface area (Å²) in [7, 11) is 0. The number of hydrogen-bond donors (Lipinski definition) is 2. The maximum Gasteiger partial charge on any atom is 0.229 e. The van der Waals surface area contributed by atoms with Gasteiger partial charge in [-0.3, -0.25) is 4.79 Å². The lowest BCUT2D eigenvalue weighted by atomic mass is 9.81. The number of likely N-dealkylation sites (N-methyl/N-ethyl adjacent to an activating group) is 1. The molecule has 96 valence electrons. The predicted octanol–water partition coefficient (Wildman–Crippen LogP) is 0.639. The monoisotopic (exact) mass is 250 g/mol. The SMILES string of the molecule is CCN(CCO)C(=O)C1(C)CCCNC1.Cl. The van der Waals surface area contributed by atoms with Gasteiger partial charge < -0.3 is 15.3 Å². The van der Waals surface area contributed by atoms with Crippen LogP contribution in [0.25, 0.3) is 0 Å². The lowest BCUT2D eigenvalue weighted by Crippen LogP contribution is -2.50. The molecule has 0 aliphatic carbocycles. The van der Waals surface area contributed by atoms with E-state index in [1.54, 1.807) is 4.90 Å². The summed E-state index contributed by atoms with van der Waals surface area (Å²) in [4.78, 5) is 14.0. The highest BCUT2D eigenvalue weighted by Gasteiger charge is 2.36. The quantitative estimate of drug-likeness (QED) is 0.770. The Morgan fingerprint density at radius 1 is 1.56 bits per heavy atom. The molecule has 1 atom stereocenters. The van der Waals surface area contributed by atoms with Crippen molar-refractivity contribution in [3.63, 3.8) is 0 Å². The fraction of sp³-hybridized carbons (Fsp3) is 0.909. The Balaban J connectivity index is 0.00000225. The van der Waals surface area contributed by atoms with Gasteiger partial charge in [-0.15, -0.1) is 12.4 Å². The molecule has 16 heavy (non-hydrogen) atoms. The number of nitrogens with zero attached hydrogens (tertiary/aromatic N) is 1. The van der Waals surface area contributed by atoms with Crippen molar-refractivity contribution in [2.45, 2.75) is 26.7 Å². The van der Waals surface area contributed by atoms with Gasteiger partial charge in [0.15, 0.2) is 0 Å². The lowest BCUT2D eigenvalue weighted by Gasteiger charge is -2.36. The standard InChI is InChI=1S/C11H22N2O2.ClH/c1-3-13(7-8-14)10(15)11(2)5-4-6-12-9-11;/h12,14H,3-9H2,1-2H3;1H. The zero-order valence-corrected chi connectivity index (χ0v) is 11.0. The van der Waals surface area contributed by atoms with Crippen LogP contribution >= 0.6 is 12.4 Å². The number of hydrogen-bond acceptors (Lipinski definition) is 3. The predicted molar refractivity (Wildman–Crippen MR) is 66.8 cm³/mol. The third-order valence-electron chi connectivity index (χ3n) is 3.15. The Bertz CT molecular complexity index is 218. The van der Waals surface area contributed by atoms with Gasteiger partial charge in [-0.25, -0.2) is 0 Å². The number of carbonyl (C=O) groups excluding carboxylic acids is 1. The summed E-state index contributed by atoms with van der Waals surface area (Å²) in [6, 6.07) is 0. The zero-order chi connectivity index (χ0) is 11.3. The van der Waals surface area contributed by atoms with Crippen LogP contribution < -0.4 is 5.32 Å². The number of aliphatic hydroxyl groups is 1. The lowest BCUT2D eigenvalue weighted by molar-refractivity contribution is -0.142. The first-order valence-electron chi connectivity index (χ1n) is 5.75. The highest BCUT2D eigenvalue weighted by atomic mass is 35.5. The topological polar surface area (TPSA) is 52.6 Å². The minimum Gasteiger partial charge on any atom is -0.395 e. The molecule has 1 aliphatic rings. The molecule has 1 aliphatic heterocycles. The van der Waals surface area contributed by atoms with E-state index >= 15 is 0 Å². The molecule has 0 bridgehead atoms. The van der Waals surface area contributed by atoms with Crippen LogP contribution in [-0.4, -0.2) is 48.7 Å². The van der Waals surface area contributed by atoms with E-state index in [9.17, 15) is 4.79 Å². The van der Waals surface area contributed by atoms with Crippen molar-refractivity contribution in [2.24, 2.45) is 5.41 Å². The van der Waals surface area contributed by atoms with Gasteiger partial charge in [-0.1, -0.05) is 0 Å². The second-order valence-corrected chi connectivity index (χ2v) is 4.45. The molecule has 1 amide bonds. The molecule has 0 aromatic rings. The van der Waals surface area contributed by atoms with E-state index in [0.29, 0.717) is 13.1 Å². The van der Waals surface area contributed by atoms with E-state index in [1.165, 1.54) is 0 Å². The number of halogens is 1. The molecule has 0 spiro atoms. The maximum atomic E-state index is 12.2. The molecule has 1 fully saturated rings. The second kappa shape index (κ2) is 7.09. The van der Waals surface area contributed by atoms with Crippen molar-refractivity contribution in [1.82, 2.24) is 10.2 Å². The van der Waals surface area contributed by atoms with Gasteiger partial charge in [0.1, 0.15) is 0 Å². The summed E-state index contributed by atoms with van der Waals surface area (Å²) in [5.74, 6) is 0.172. The van der Waals surface area contributed by atoms with Crippen LogP contribution in [0, 0.1) is 5.41 Å². The average molecular weight is 251 g/mol. The van der Waals surface area contributed by atoms with Gasteiger partial charge >= 0.3 is 0 Å². The van der Waals surface area contributed by atoms with Gasteiger partial charge in [-0.2, -0.15) is 0 Å². The first-order chi connectivity index (χ1) is 7.14. The molecular weight excluding hydrogens is 228 g/mol. The summed E-state index contributed by atoms with van der Waals surface area (Å²) < 4.78 is 0. The van der Waals surface area contributed by atoms with Gasteiger partial charge in [0.25, 0.3) is 0 Å². The van der Waals surface area contributed by atoms with Gasteiger partial charge in [0.05, 0.1) is 12.0 Å². The maximum absolute atomic E-state index is 12.2. The van der Waals surface area contributed by atoms with Crippen LogP contribution in [0.3, 0.4) is 0 Å².